The van der Waals surface area contributed by atoms with Gasteiger partial charge in [-0.1, -0.05) is 55.1 Å². The molecule has 0 radical (unpaired) electrons. The summed E-state index contributed by atoms with van der Waals surface area (Å²) < 4.78 is 1.46. The number of allylic oxidation sites excluding steroid dienone is 1. The van der Waals surface area contributed by atoms with Crippen LogP contribution in [0.5, 0.6) is 0 Å². The average Bonchev–Trinajstić information content (AvgIpc) is 3.55. The van der Waals surface area contributed by atoms with Crippen molar-refractivity contribution in [3.8, 4) is 11.1 Å². The first-order valence-electron chi connectivity index (χ1n) is 12.0. The third-order valence-corrected chi connectivity index (χ3v) is 7.40. The van der Waals surface area contributed by atoms with Gasteiger partial charge in [0.2, 0.25) is 0 Å². The van der Waals surface area contributed by atoms with Crippen molar-refractivity contribution in [2.24, 2.45) is 11.8 Å². The Morgan fingerprint density at radius 3 is 2.41 bits per heavy atom. The SMILES string of the molecule is C=C(C)N(C)c1cnn(C(=O)N2CC3CN(Cc4ccc(-c5ccccc5)cc4C)CC3C2)c1. The molecule has 5 rings (SSSR count). The number of carbonyl (C=O) groups is 1. The van der Waals surface area contributed by atoms with Crippen molar-refractivity contribution in [2.75, 3.05) is 38.1 Å². The van der Waals surface area contributed by atoms with Gasteiger partial charge >= 0.3 is 6.03 Å². The standard InChI is InChI=1S/C28H33N5O/c1-20(2)30(4)27-13-29-33(19-27)28(34)32-17-25-15-31(16-26(25)18-32)14-24-11-10-23(12-21(24)3)22-8-6-5-7-9-22/h5-13,19,25-26H,1,14-18H2,2-4H3. The van der Waals surface area contributed by atoms with Gasteiger partial charge in [0.05, 0.1) is 18.1 Å². The number of hydrogen-bond acceptors (Lipinski definition) is 4. The lowest BCUT2D eigenvalue weighted by Gasteiger charge is -2.22. The maximum atomic E-state index is 13.0. The van der Waals surface area contributed by atoms with E-state index in [1.807, 2.05) is 23.8 Å². The van der Waals surface area contributed by atoms with Gasteiger partial charge in [0.15, 0.2) is 0 Å². The van der Waals surface area contributed by atoms with Gasteiger partial charge in [-0.2, -0.15) is 9.78 Å². The van der Waals surface area contributed by atoms with Crippen LogP contribution in [0.2, 0.25) is 0 Å². The van der Waals surface area contributed by atoms with Gasteiger partial charge in [0, 0.05) is 45.5 Å². The highest BCUT2D eigenvalue weighted by Gasteiger charge is 2.42. The van der Waals surface area contributed by atoms with Crippen LogP contribution >= 0.6 is 0 Å². The third kappa shape index (κ3) is 4.38. The summed E-state index contributed by atoms with van der Waals surface area (Å²) in [6, 6.07) is 17.3. The van der Waals surface area contributed by atoms with E-state index in [-0.39, 0.29) is 6.03 Å². The molecule has 3 heterocycles. The maximum Gasteiger partial charge on any atom is 0.344 e. The molecule has 2 aromatic carbocycles. The summed E-state index contributed by atoms with van der Waals surface area (Å²) >= 11 is 0. The zero-order valence-corrected chi connectivity index (χ0v) is 20.3. The molecule has 2 saturated heterocycles. The van der Waals surface area contributed by atoms with Crippen molar-refractivity contribution in [3.63, 3.8) is 0 Å². The summed E-state index contributed by atoms with van der Waals surface area (Å²) in [4.78, 5) is 19.5. The number of rotatable bonds is 5. The molecule has 176 valence electrons. The van der Waals surface area contributed by atoms with E-state index >= 15 is 0 Å². The van der Waals surface area contributed by atoms with Gasteiger partial charge in [0.1, 0.15) is 0 Å². The fraction of sp³-hybridized carbons (Fsp3) is 0.357. The predicted molar refractivity (Wildman–Crippen MR) is 137 cm³/mol. The minimum absolute atomic E-state index is 0.0327. The Kier molecular flexibility index (Phi) is 6.00. The normalized spacial score (nSPS) is 19.9. The van der Waals surface area contributed by atoms with Crippen LogP contribution in [0.15, 0.2) is 73.2 Å². The largest absolute Gasteiger partial charge is 0.347 e. The van der Waals surface area contributed by atoms with Crippen LogP contribution in [-0.4, -0.2) is 58.8 Å². The molecular weight excluding hydrogens is 422 g/mol. The van der Waals surface area contributed by atoms with Crippen LogP contribution in [-0.2, 0) is 6.54 Å². The van der Waals surface area contributed by atoms with E-state index in [0.29, 0.717) is 11.8 Å². The van der Waals surface area contributed by atoms with E-state index < -0.39 is 0 Å². The zero-order chi connectivity index (χ0) is 23.8. The summed E-state index contributed by atoms with van der Waals surface area (Å²) in [5.74, 6) is 1.06. The molecule has 2 aliphatic rings. The number of carbonyl (C=O) groups excluding carboxylic acids is 1. The van der Waals surface area contributed by atoms with E-state index in [1.54, 1.807) is 12.4 Å². The van der Waals surface area contributed by atoms with E-state index in [9.17, 15) is 4.79 Å². The molecule has 1 aromatic heterocycles. The Labute approximate surface area is 202 Å². The number of hydrogen-bond donors (Lipinski definition) is 0. The van der Waals surface area contributed by atoms with Crippen LogP contribution in [0.3, 0.4) is 0 Å². The maximum absolute atomic E-state index is 13.0. The first-order valence-corrected chi connectivity index (χ1v) is 12.0. The van der Waals surface area contributed by atoms with Gasteiger partial charge in [0.25, 0.3) is 0 Å². The molecule has 2 aliphatic heterocycles. The highest BCUT2D eigenvalue weighted by molar-refractivity contribution is 5.77. The zero-order valence-electron chi connectivity index (χ0n) is 20.3. The Hall–Kier alpha value is -3.38. The molecule has 0 aliphatic carbocycles. The first kappa shape index (κ1) is 22.4. The highest BCUT2D eigenvalue weighted by atomic mass is 16.2. The number of nitrogens with zero attached hydrogens (tertiary/aromatic N) is 5. The summed E-state index contributed by atoms with van der Waals surface area (Å²) in [5, 5.41) is 4.30. The smallest absolute Gasteiger partial charge is 0.344 e. The minimum atomic E-state index is -0.0327. The first-order chi connectivity index (χ1) is 16.4. The lowest BCUT2D eigenvalue weighted by atomic mass is 9.99. The van der Waals surface area contributed by atoms with Gasteiger partial charge in [-0.05, 0) is 47.9 Å². The predicted octanol–water partition coefficient (Wildman–Crippen LogP) is 4.86. The lowest BCUT2D eigenvalue weighted by Crippen LogP contribution is -2.36. The van der Waals surface area contributed by atoms with Crippen molar-refractivity contribution >= 4 is 11.7 Å². The van der Waals surface area contributed by atoms with Gasteiger partial charge in [-0.15, -0.1) is 0 Å². The Bertz CT molecular complexity index is 1190. The monoisotopic (exact) mass is 455 g/mol. The summed E-state index contributed by atoms with van der Waals surface area (Å²) in [5.41, 5.74) is 7.04. The van der Waals surface area contributed by atoms with Crippen molar-refractivity contribution in [1.82, 2.24) is 19.6 Å². The highest BCUT2D eigenvalue weighted by Crippen LogP contribution is 2.33. The number of benzene rings is 2. The lowest BCUT2D eigenvalue weighted by molar-refractivity contribution is 0.197. The van der Waals surface area contributed by atoms with Gasteiger partial charge in [-0.3, -0.25) is 4.90 Å². The van der Waals surface area contributed by atoms with E-state index in [1.165, 1.54) is 26.9 Å². The third-order valence-electron chi connectivity index (χ3n) is 7.40. The Balaban J connectivity index is 1.18. The molecule has 6 nitrogen and oxygen atoms in total. The fourth-order valence-electron chi connectivity index (χ4n) is 5.26. The molecule has 2 fully saturated rings. The molecule has 0 saturated carbocycles. The van der Waals surface area contributed by atoms with Crippen LogP contribution in [0.1, 0.15) is 18.1 Å². The van der Waals surface area contributed by atoms with Crippen molar-refractivity contribution in [2.45, 2.75) is 20.4 Å². The van der Waals surface area contributed by atoms with Crippen molar-refractivity contribution in [3.05, 3.63) is 84.3 Å². The van der Waals surface area contributed by atoms with Crippen molar-refractivity contribution < 1.29 is 4.79 Å². The second kappa shape index (κ2) is 9.11. The Morgan fingerprint density at radius 2 is 1.76 bits per heavy atom. The number of amides is 1. The quantitative estimate of drug-likeness (QED) is 0.551. The van der Waals surface area contributed by atoms with Gasteiger partial charge in [-0.25, -0.2) is 4.79 Å². The molecule has 34 heavy (non-hydrogen) atoms. The number of likely N-dealkylation sites (tertiary alicyclic amines) is 2. The summed E-state index contributed by atoms with van der Waals surface area (Å²) in [6.45, 7) is 12.8. The molecule has 0 bridgehead atoms. The number of fused-ring (bicyclic) bond motifs is 1. The molecule has 2 unspecified atom stereocenters. The summed E-state index contributed by atoms with van der Waals surface area (Å²) in [6.07, 6.45) is 3.51. The molecule has 6 heteroatoms. The van der Waals surface area contributed by atoms with E-state index in [0.717, 1.165) is 44.1 Å². The Morgan fingerprint density at radius 1 is 1.06 bits per heavy atom. The minimum Gasteiger partial charge on any atom is -0.347 e. The van der Waals surface area contributed by atoms with E-state index in [2.05, 4.69) is 72.0 Å². The van der Waals surface area contributed by atoms with E-state index in [4.69, 9.17) is 0 Å². The second-order valence-corrected chi connectivity index (χ2v) is 9.85. The van der Waals surface area contributed by atoms with Crippen LogP contribution in [0.4, 0.5) is 10.5 Å². The summed E-state index contributed by atoms with van der Waals surface area (Å²) in [7, 11) is 1.93. The topological polar surface area (TPSA) is 44.6 Å². The molecule has 0 spiro atoms. The number of aryl methyl sites for hydroxylation is 1. The average molecular weight is 456 g/mol. The number of aromatic nitrogens is 2. The van der Waals surface area contributed by atoms with Crippen LogP contribution in [0.25, 0.3) is 11.1 Å². The second-order valence-electron chi connectivity index (χ2n) is 9.85. The molecular formula is C28H33N5O. The molecule has 1 amide bonds. The fourth-order valence-corrected chi connectivity index (χ4v) is 5.26. The van der Waals surface area contributed by atoms with Crippen LogP contribution < -0.4 is 4.90 Å². The molecule has 2 atom stereocenters. The van der Waals surface area contributed by atoms with Crippen LogP contribution in [0, 0.1) is 18.8 Å². The van der Waals surface area contributed by atoms with Gasteiger partial charge < -0.3 is 9.80 Å². The molecule has 3 aromatic rings. The van der Waals surface area contributed by atoms with Crippen molar-refractivity contribution in [1.29, 1.82) is 0 Å². The number of anilines is 1. The molecule has 0 N–H and O–H groups in total.